The van der Waals surface area contributed by atoms with Crippen LogP contribution in [0.25, 0.3) is 0 Å². The van der Waals surface area contributed by atoms with Crippen molar-refractivity contribution in [1.29, 1.82) is 0 Å². The number of hydrogen-bond acceptors (Lipinski definition) is 4. The average Bonchev–Trinajstić information content (AvgIpc) is 2.77. The molecule has 30 heavy (non-hydrogen) atoms. The van der Waals surface area contributed by atoms with Crippen molar-refractivity contribution < 1.29 is 14.3 Å². The van der Waals surface area contributed by atoms with Gasteiger partial charge in [-0.2, -0.15) is 0 Å². The Labute approximate surface area is 176 Å². The first-order valence-electron chi connectivity index (χ1n) is 10.2. The van der Waals surface area contributed by atoms with Crippen molar-refractivity contribution in [2.24, 2.45) is 0 Å². The molecule has 0 amide bonds. The monoisotopic (exact) mass is 399 g/mol. The molecule has 0 spiro atoms. The van der Waals surface area contributed by atoms with E-state index in [9.17, 15) is 9.59 Å². The van der Waals surface area contributed by atoms with Crippen LogP contribution in [0.3, 0.4) is 0 Å². The van der Waals surface area contributed by atoms with Gasteiger partial charge in [0.25, 0.3) is 0 Å². The van der Waals surface area contributed by atoms with E-state index in [4.69, 9.17) is 4.74 Å². The summed E-state index contributed by atoms with van der Waals surface area (Å²) in [6.07, 6.45) is 0.0777. The fourth-order valence-corrected chi connectivity index (χ4v) is 4.08. The minimum atomic E-state index is -1.12. The second-order valence-electron chi connectivity index (χ2n) is 7.94. The maximum absolute atomic E-state index is 13.3. The molecule has 0 radical (unpaired) electrons. The van der Waals surface area contributed by atoms with E-state index in [-0.39, 0.29) is 18.1 Å². The van der Waals surface area contributed by atoms with Crippen LogP contribution in [0, 0.1) is 0 Å². The highest BCUT2D eigenvalue weighted by Crippen LogP contribution is 2.41. The summed E-state index contributed by atoms with van der Waals surface area (Å²) in [7, 11) is 0. The van der Waals surface area contributed by atoms with Crippen LogP contribution < -0.4 is 5.32 Å². The molecule has 1 N–H and O–H groups in total. The summed E-state index contributed by atoms with van der Waals surface area (Å²) in [6, 6.07) is 25.7. The van der Waals surface area contributed by atoms with Gasteiger partial charge in [0.1, 0.15) is 0 Å². The molecule has 4 nitrogen and oxygen atoms in total. The zero-order chi connectivity index (χ0) is 21.1. The molecule has 1 unspecified atom stereocenters. The van der Waals surface area contributed by atoms with Gasteiger partial charge in [0.2, 0.25) is 0 Å². The first-order valence-corrected chi connectivity index (χ1v) is 10.2. The molecular weight excluding hydrogens is 374 g/mol. The molecule has 0 bridgehead atoms. The highest BCUT2D eigenvalue weighted by molar-refractivity contribution is 6.08. The number of benzene rings is 3. The lowest BCUT2D eigenvalue weighted by Gasteiger charge is -2.39. The number of hydrogen-bond donors (Lipinski definition) is 1. The Morgan fingerprint density at radius 2 is 1.37 bits per heavy atom. The minimum absolute atomic E-state index is 0.0777. The fourth-order valence-electron chi connectivity index (χ4n) is 4.08. The number of Topliss-reactive ketones (excluding diaryl/α,β-unsaturated/α-hetero) is 1. The Kier molecular flexibility index (Phi) is 5.40. The second kappa shape index (κ2) is 8.15. The van der Waals surface area contributed by atoms with E-state index in [1.807, 2.05) is 84.9 Å². The molecule has 1 fully saturated rings. The van der Waals surface area contributed by atoms with Crippen LogP contribution in [-0.2, 0) is 19.9 Å². The average molecular weight is 399 g/mol. The van der Waals surface area contributed by atoms with E-state index >= 15 is 0 Å². The van der Waals surface area contributed by atoms with Crippen molar-refractivity contribution in [3.05, 3.63) is 102 Å². The molecule has 1 atom stereocenters. The smallest absolute Gasteiger partial charge is 0.337 e. The van der Waals surface area contributed by atoms with Gasteiger partial charge in [-0.05, 0) is 17.5 Å². The number of anilines is 1. The normalized spacial score (nSPS) is 18.2. The Hall–Kier alpha value is -3.40. The van der Waals surface area contributed by atoms with Crippen LogP contribution in [0.1, 0.15) is 42.9 Å². The van der Waals surface area contributed by atoms with Crippen molar-refractivity contribution in [2.75, 3.05) is 5.32 Å². The van der Waals surface area contributed by atoms with E-state index < -0.39 is 17.6 Å². The second-order valence-corrected chi connectivity index (χ2v) is 7.94. The molecule has 1 aliphatic rings. The van der Waals surface area contributed by atoms with Crippen LogP contribution >= 0.6 is 0 Å². The predicted molar refractivity (Wildman–Crippen MR) is 117 cm³/mol. The van der Waals surface area contributed by atoms with Crippen LogP contribution in [0.5, 0.6) is 0 Å². The summed E-state index contributed by atoms with van der Waals surface area (Å²) in [6.45, 7) is 4.16. The molecule has 1 heterocycles. The third kappa shape index (κ3) is 3.61. The minimum Gasteiger partial charge on any atom is -0.447 e. The Balaban J connectivity index is 1.70. The SMILES string of the molecule is CC(C)c1ccccc1NC1C(=O)CC(c2ccccc2)(c2ccccc2)OC1=O. The van der Waals surface area contributed by atoms with E-state index in [2.05, 4.69) is 19.2 Å². The molecule has 3 aromatic carbocycles. The number of carbonyl (C=O) groups is 2. The summed E-state index contributed by atoms with van der Waals surface area (Å²) in [5, 5.41) is 3.15. The molecule has 0 aromatic heterocycles. The van der Waals surface area contributed by atoms with E-state index in [0.717, 1.165) is 22.4 Å². The maximum Gasteiger partial charge on any atom is 0.337 e. The largest absolute Gasteiger partial charge is 0.447 e. The third-order valence-corrected chi connectivity index (χ3v) is 5.62. The summed E-state index contributed by atoms with van der Waals surface area (Å²) in [4.78, 5) is 26.4. The molecule has 4 rings (SSSR count). The molecule has 3 aromatic rings. The standard InChI is InChI=1S/C26H25NO3/c1-18(2)21-15-9-10-16-22(21)27-24-23(28)17-26(30-25(24)29,19-11-5-3-6-12-19)20-13-7-4-8-14-20/h3-16,18,24,27H,17H2,1-2H3. The number of ether oxygens (including phenoxy) is 1. The zero-order valence-corrected chi connectivity index (χ0v) is 17.2. The van der Waals surface area contributed by atoms with E-state index in [0.29, 0.717) is 0 Å². The summed E-state index contributed by atoms with van der Waals surface area (Å²) < 4.78 is 6.08. The number of rotatable bonds is 5. The predicted octanol–water partition coefficient (Wildman–Crippen LogP) is 5.05. The highest BCUT2D eigenvalue weighted by Gasteiger charge is 2.49. The first kappa shape index (κ1) is 19.9. The van der Waals surface area contributed by atoms with Gasteiger partial charge in [-0.25, -0.2) is 4.79 Å². The molecule has 1 aliphatic heterocycles. The lowest BCUT2D eigenvalue weighted by Crippen LogP contribution is -2.52. The van der Waals surface area contributed by atoms with Gasteiger partial charge in [-0.1, -0.05) is 92.7 Å². The summed E-state index contributed by atoms with van der Waals surface area (Å²) in [5.74, 6) is -0.480. The van der Waals surface area contributed by atoms with Crippen molar-refractivity contribution in [3.63, 3.8) is 0 Å². The molecule has 4 heteroatoms. The van der Waals surface area contributed by atoms with Crippen LogP contribution in [0.15, 0.2) is 84.9 Å². The Morgan fingerprint density at radius 1 is 0.833 bits per heavy atom. The topological polar surface area (TPSA) is 55.4 Å². The molecule has 0 saturated carbocycles. The summed E-state index contributed by atoms with van der Waals surface area (Å²) >= 11 is 0. The molecule has 152 valence electrons. The van der Waals surface area contributed by atoms with Crippen molar-refractivity contribution in [3.8, 4) is 0 Å². The van der Waals surface area contributed by atoms with Crippen LogP contribution in [0.4, 0.5) is 5.69 Å². The van der Waals surface area contributed by atoms with E-state index in [1.54, 1.807) is 0 Å². The first-order chi connectivity index (χ1) is 14.5. The Bertz CT molecular complexity index is 985. The maximum atomic E-state index is 13.3. The molecule has 0 aliphatic carbocycles. The third-order valence-electron chi connectivity index (χ3n) is 5.62. The lowest BCUT2D eigenvalue weighted by atomic mass is 9.79. The number of para-hydroxylation sites is 1. The fraction of sp³-hybridized carbons (Fsp3) is 0.231. The van der Waals surface area contributed by atoms with Crippen LogP contribution in [-0.4, -0.2) is 17.8 Å². The van der Waals surface area contributed by atoms with Gasteiger partial charge in [-0.3, -0.25) is 4.79 Å². The van der Waals surface area contributed by atoms with Gasteiger partial charge in [0.05, 0.1) is 6.42 Å². The van der Waals surface area contributed by atoms with Crippen LogP contribution in [0.2, 0.25) is 0 Å². The van der Waals surface area contributed by atoms with Gasteiger partial charge >= 0.3 is 5.97 Å². The number of nitrogens with one attached hydrogen (secondary N) is 1. The van der Waals surface area contributed by atoms with Gasteiger partial charge in [0, 0.05) is 16.8 Å². The Morgan fingerprint density at radius 3 is 1.90 bits per heavy atom. The highest BCUT2D eigenvalue weighted by atomic mass is 16.6. The molecule has 1 saturated heterocycles. The number of cyclic esters (lactones) is 1. The van der Waals surface area contributed by atoms with Gasteiger partial charge in [-0.15, -0.1) is 0 Å². The van der Waals surface area contributed by atoms with Crippen molar-refractivity contribution in [1.82, 2.24) is 0 Å². The number of ketones is 1. The van der Waals surface area contributed by atoms with Crippen molar-refractivity contribution in [2.45, 2.75) is 37.8 Å². The quantitative estimate of drug-likeness (QED) is 0.482. The molecular formula is C26H25NO3. The van der Waals surface area contributed by atoms with Crippen molar-refractivity contribution >= 4 is 17.4 Å². The van der Waals surface area contributed by atoms with Gasteiger partial charge in [0.15, 0.2) is 17.4 Å². The summed E-state index contributed by atoms with van der Waals surface area (Å²) in [5.41, 5.74) is 2.31. The number of esters is 1. The number of carbonyl (C=O) groups excluding carboxylic acids is 2. The lowest BCUT2D eigenvalue weighted by molar-refractivity contribution is -0.168. The zero-order valence-electron chi connectivity index (χ0n) is 17.2. The van der Waals surface area contributed by atoms with Gasteiger partial charge < -0.3 is 10.1 Å². The van der Waals surface area contributed by atoms with E-state index in [1.165, 1.54) is 0 Å².